The molecule has 16 heteroatoms. The molecule has 3 N–H and O–H groups in total. The average molecular weight is 844 g/mol. The van der Waals surface area contributed by atoms with Gasteiger partial charge in [-0.25, -0.2) is 4.79 Å². The van der Waals surface area contributed by atoms with Crippen LogP contribution < -0.4 is 16.0 Å². The fourth-order valence-electron chi connectivity index (χ4n) is 8.87. The van der Waals surface area contributed by atoms with Gasteiger partial charge in [-0.2, -0.15) is 0 Å². The molecule has 0 aliphatic carbocycles. The maximum absolute atomic E-state index is 14.8. The number of ether oxygens (including phenoxy) is 2. The van der Waals surface area contributed by atoms with E-state index in [4.69, 9.17) is 9.47 Å². The van der Waals surface area contributed by atoms with E-state index < -0.39 is 83.8 Å². The van der Waals surface area contributed by atoms with E-state index in [1.165, 1.54) is 21.6 Å². The summed E-state index contributed by atoms with van der Waals surface area (Å²) in [5.74, 6) is -4.00. The number of hydrogen-bond acceptors (Lipinski definition) is 10. The number of amides is 6. The smallest absolute Gasteiger partial charge is 0.329 e. The monoisotopic (exact) mass is 843 g/mol. The molecule has 0 aromatic heterocycles. The maximum Gasteiger partial charge on any atom is 0.329 e. The third kappa shape index (κ3) is 11.5. The number of benzene rings is 2. The van der Waals surface area contributed by atoms with Gasteiger partial charge in [0.05, 0.1) is 19.6 Å². The number of carbonyl (C=O) groups is 7. The van der Waals surface area contributed by atoms with Gasteiger partial charge in [0, 0.05) is 39.6 Å². The normalized spacial score (nSPS) is 27.5. The van der Waals surface area contributed by atoms with Gasteiger partial charge in [-0.05, 0) is 69.5 Å². The van der Waals surface area contributed by atoms with E-state index in [9.17, 15) is 33.6 Å². The van der Waals surface area contributed by atoms with Crippen LogP contribution in [0.3, 0.4) is 0 Å². The number of carbonyl (C=O) groups excluding carboxylic acids is 7. The molecular formula is C45H61N7O9. The van der Waals surface area contributed by atoms with Gasteiger partial charge < -0.3 is 40.1 Å². The van der Waals surface area contributed by atoms with Crippen molar-refractivity contribution in [1.29, 1.82) is 0 Å². The molecule has 4 fully saturated rings. The topological polar surface area (TPSA) is 187 Å². The van der Waals surface area contributed by atoms with E-state index in [2.05, 4.69) is 20.9 Å². The maximum atomic E-state index is 14.8. The van der Waals surface area contributed by atoms with Crippen molar-refractivity contribution in [2.45, 2.75) is 108 Å². The molecule has 0 spiro atoms. The van der Waals surface area contributed by atoms with E-state index in [0.717, 1.165) is 24.2 Å². The van der Waals surface area contributed by atoms with Crippen molar-refractivity contribution in [2.24, 2.45) is 5.92 Å². The summed E-state index contributed by atoms with van der Waals surface area (Å²) in [6, 6.07) is 11.7. The number of cyclic esters (lactones) is 1. The lowest BCUT2D eigenvalue weighted by Gasteiger charge is -2.37. The molecule has 4 heterocycles. The molecule has 0 bridgehead atoms. The van der Waals surface area contributed by atoms with Gasteiger partial charge in [-0.15, -0.1) is 0 Å². The first kappa shape index (κ1) is 45.2. The third-order valence-corrected chi connectivity index (χ3v) is 12.3. The summed E-state index contributed by atoms with van der Waals surface area (Å²) in [5.41, 5.74) is 1.51. The molecule has 2 aromatic carbocycles. The van der Waals surface area contributed by atoms with Gasteiger partial charge in [-0.1, -0.05) is 67.6 Å². The van der Waals surface area contributed by atoms with Gasteiger partial charge in [-0.3, -0.25) is 33.7 Å². The largest absolute Gasteiger partial charge is 0.458 e. The van der Waals surface area contributed by atoms with E-state index in [1.54, 1.807) is 14.0 Å². The van der Waals surface area contributed by atoms with Gasteiger partial charge >= 0.3 is 5.97 Å². The molecule has 2 aromatic rings. The Morgan fingerprint density at radius 2 is 1.51 bits per heavy atom. The molecule has 0 saturated carbocycles. The molecule has 16 nitrogen and oxygen atoms in total. The van der Waals surface area contributed by atoms with Crippen LogP contribution >= 0.6 is 0 Å². The fraction of sp³-hybridized carbons (Fsp3) is 0.578. The molecular weight excluding hydrogens is 783 g/mol. The number of hydrogen-bond donors (Lipinski definition) is 3. The van der Waals surface area contributed by atoms with Crippen LogP contribution in [0.5, 0.6) is 0 Å². The summed E-state index contributed by atoms with van der Waals surface area (Å²) >= 11 is 0. The van der Waals surface area contributed by atoms with Gasteiger partial charge in [0.2, 0.25) is 35.4 Å². The first-order valence-corrected chi connectivity index (χ1v) is 21.7. The Bertz CT molecular complexity index is 1880. The van der Waals surface area contributed by atoms with Crippen molar-refractivity contribution < 1.29 is 43.0 Å². The summed E-state index contributed by atoms with van der Waals surface area (Å²) in [6.07, 6.45) is 0.833. The van der Waals surface area contributed by atoms with Crippen molar-refractivity contribution in [3.63, 3.8) is 0 Å². The second-order valence-electron chi connectivity index (χ2n) is 16.9. The highest BCUT2D eigenvalue weighted by atomic mass is 16.5. The minimum absolute atomic E-state index is 0.0146. The standard InChI is InChI=1S/C45H61N7O9/c1-29-25-37-45(59)61-31(3)39(48-40(54)34(26-32-13-7-5-8-14-32)47-38(53)27-33-15-9-6-10-16-33)44(58)51-20-12-18-36(51)43(57)49(4)35(17-11-19-50-21-23-60-24-22-50)41(55)46-30(2)42(56)52(37)28-29/h5-10,13-16,29-31,34-37,39H,11-12,17-28H2,1-4H3,(H,46,55)(H,47,53)(H,48,54)/t29-,30+,31+,34+,35+,36+,37+,39+/m1/s1. The van der Waals surface area contributed by atoms with Gasteiger partial charge in [0.25, 0.3) is 0 Å². The average Bonchev–Trinajstić information content (AvgIpc) is 3.91. The lowest BCUT2D eigenvalue weighted by atomic mass is 10.0. The Morgan fingerprint density at radius 1 is 0.836 bits per heavy atom. The van der Waals surface area contributed by atoms with Crippen LogP contribution in [0, 0.1) is 5.92 Å². The number of fused-ring (bicyclic) bond motifs is 2. The van der Waals surface area contributed by atoms with Crippen LogP contribution in [0.1, 0.15) is 64.0 Å². The number of likely N-dealkylation sites (N-methyl/N-ethyl adjacent to an activating group) is 1. The van der Waals surface area contributed by atoms with Gasteiger partial charge in [0.15, 0.2) is 0 Å². The Labute approximate surface area is 358 Å². The highest BCUT2D eigenvalue weighted by Crippen LogP contribution is 2.27. The minimum atomic E-state index is -1.47. The second kappa shape index (κ2) is 21.0. The molecule has 4 aliphatic rings. The zero-order chi connectivity index (χ0) is 43.6. The van der Waals surface area contributed by atoms with Crippen molar-refractivity contribution >= 4 is 41.4 Å². The van der Waals surface area contributed by atoms with Crippen molar-refractivity contribution in [3.05, 3.63) is 71.8 Å². The Morgan fingerprint density at radius 3 is 2.20 bits per heavy atom. The summed E-state index contributed by atoms with van der Waals surface area (Å²) in [6.45, 7) is 8.85. The third-order valence-electron chi connectivity index (χ3n) is 12.3. The predicted octanol–water partition coefficient (Wildman–Crippen LogP) is 1.06. The molecule has 0 radical (unpaired) electrons. The van der Waals surface area contributed by atoms with Crippen LogP contribution in [0.4, 0.5) is 0 Å². The molecule has 4 aliphatic heterocycles. The predicted molar refractivity (Wildman–Crippen MR) is 224 cm³/mol. The van der Waals surface area contributed by atoms with Crippen LogP contribution in [-0.2, 0) is 55.9 Å². The van der Waals surface area contributed by atoms with E-state index in [0.29, 0.717) is 51.9 Å². The molecule has 330 valence electrons. The summed E-state index contributed by atoms with van der Waals surface area (Å²) in [5, 5.41) is 8.51. The molecule has 4 saturated heterocycles. The Balaban J connectivity index is 1.30. The highest BCUT2D eigenvalue weighted by Gasteiger charge is 2.46. The molecule has 61 heavy (non-hydrogen) atoms. The zero-order valence-electron chi connectivity index (χ0n) is 35.8. The van der Waals surface area contributed by atoms with Crippen LogP contribution in [0.25, 0.3) is 0 Å². The second-order valence-corrected chi connectivity index (χ2v) is 16.9. The van der Waals surface area contributed by atoms with Gasteiger partial charge in [0.1, 0.15) is 42.4 Å². The van der Waals surface area contributed by atoms with Crippen molar-refractivity contribution in [2.75, 3.05) is 53.0 Å². The molecule has 8 atom stereocenters. The molecule has 0 unspecified atom stereocenters. The van der Waals surface area contributed by atoms with Crippen molar-refractivity contribution in [3.8, 4) is 0 Å². The quantitative estimate of drug-likeness (QED) is 0.277. The SMILES string of the molecule is C[C@@H]1C[C@H]2C(=O)O[C@@H](C)[C@H](NC(=O)[C@H](Cc3ccccc3)NC(=O)Cc3ccccc3)C(=O)N3CCC[C@H]3C(=O)N(C)[C@@H](CCCN3CCOCC3)C(=O)N[C@@H](C)C(=O)N2C1. The molecule has 6 amide bonds. The minimum Gasteiger partial charge on any atom is -0.458 e. The van der Waals surface area contributed by atoms with Crippen LogP contribution in [-0.4, -0.2) is 156 Å². The fourth-order valence-corrected chi connectivity index (χ4v) is 8.87. The van der Waals surface area contributed by atoms with Crippen LogP contribution in [0.15, 0.2) is 60.7 Å². The number of rotatable bonds is 11. The summed E-state index contributed by atoms with van der Waals surface area (Å²) in [4.78, 5) is 106. The summed E-state index contributed by atoms with van der Waals surface area (Å²) in [7, 11) is 1.55. The lowest BCUT2D eigenvalue weighted by molar-refractivity contribution is -0.162. The highest BCUT2D eigenvalue weighted by molar-refractivity contribution is 5.98. The summed E-state index contributed by atoms with van der Waals surface area (Å²) < 4.78 is 11.5. The first-order chi connectivity index (χ1) is 29.3. The van der Waals surface area contributed by atoms with E-state index in [1.807, 2.05) is 67.6 Å². The Hall–Kier alpha value is -5.35. The number of nitrogens with one attached hydrogen (secondary N) is 3. The van der Waals surface area contributed by atoms with E-state index in [-0.39, 0.29) is 31.8 Å². The van der Waals surface area contributed by atoms with Crippen molar-refractivity contribution in [1.82, 2.24) is 35.6 Å². The number of nitrogens with zero attached hydrogens (tertiary/aromatic N) is 4. The first-order valence-electron chi connectivity index (χ1n) is 21.7. The van der Waals surface area contributed by atoms with E-state index >= 15 is 0 Å². The lowest BCUT2D eigenvalue weighted by Crippen LogP contribution is -2.62. The number of esters is 1. The zero-order valence-corrected chi connectivity index (χ0v) is 35.8. The Kier molecular flexibility index (Phi) is 15.5. The number of morpholine rings is 1. The van der Waals surface area contributed by atoms with Crippen LogP contribution in [0.2, 0.25) is 0 Å². The molecule has 6 rings (SSSR count).